The predicted octanol–water partition coefficient (Wildman–Crippen LogP) is 3.20. The molecule has 0 radical (unpaired) electrons. The molecule has 1 aliphatic heterocycles. The molecule has 3 amide bonds. The molecule has 1 heterocycles. The zero-order valence-electron chi connectivity index (χ0n) is 13.7. The van der Waals surface area contributed by atoms with Crippen molar-refractivity contribution in [2.45, 2.75) is 19.4 Å². The number of rotatable bonds is 5. The van der Waals surface area contributed by atoms with Gasteiger partial charge in [0.15, 0.2) is 0 Å². The van der Waals surface area contributed by atoms with E-state index in [9.17, 15) is 14.4 Å². The Morgan fingerprint density at radius 2 is 1.60 bits per heavy atom. The fraction of sp³-hybridized carbons (Fsp3) is 0.211. The lowest BCUT2D eigenvalue weighted by molar-refractivity contribution is -0.121. The van der Waals surface area contributed by atoms with Crippen molar-refractivity contribution >= 4 is 29.3 Å². The van der Waals surface area contributed by atoms with Crippen molar-refractivity contribution in [1.82, 2.24) is 10.2 Å². The second kappa shape index (κ2) is 7.07. The predicted molar refractivity (Wildman–Crippen MR) is 94.4 cm³/mol. The Kier molecular flexibility index (Phi) is 4.86. The summed E-state index contributed by atoms with van der Waals surface area (Å²) in [6, 6.07) is 13.7. The SMILES string of the molecule is CC(NC(=O)CCN1C(=O)c2ccccc2C1=O)c1ccc(Cl)cc1. The number of nitrogens with one attached hydrogen (secondary N) is 1. The molecule has 0 spiro atoms. The third-order valence-electron chi connectivity index (χ3n) is 4.19. The third-order valence-corrected chi connectivity index (χ3v) is 4.44. The number of hydrogen-bond donors (Lipinski definition) is 1. The first-order valence-corrected chi connectivity index (χ1v) is 8.35. The van der Waals surface area contributed by atoms with E-state index >= 15 is 0 Å². The molecule has 0 aromatic heterocycles. The first-order valence-electron chi connectivity index (χ1n) is 7.97. The molecule has 25 heavy (non-hydrogen) atoms. The first kappa shape index (κ1) is 17.2. The van der Waals surface area contributed by atoms with E-state index in [-0.39, 0.29) is 36.7 Å². The van der Waals surface area contributed by atoms with Gasteiger partial charge in [-0.25, -0.2) is 0 Å². The summed E-state index contributed by atoms with van der Waals surface area (Å²) in [5.41, 5.74) is 1.71. The van der Waals surface area contributed by atoms with Crippen LogP contribution in [-0.2, 0) is 4.79 Å². The van der Waals surface area contributed by atoms with Crippen LogP contribution in [0.3, 0.4) is 0 Å². The maximum atomic E-state index is 12.3. The number of halogens is 1. The molecular weight excluding hydrogens is 340 g/mol. The molecule has 6 heteroatoms. The number of hydrogen-bond acceptors (Lipinski definition) is 3. The van der Waals surface area contributed by atoms with Crippen molar-refractivity contribution in [2.75, 3.05) is 6.54 Å². The van der Waals surface area contributed by atoms with Crippen LogP contribution >= 0.6 is 11.6 Å². The van der Waals surface area contributed by atoms with Crippen LogP contribution in [0.4, 0.5) is 0 Å². The minimum atomic E-state index is -0.348. The topological polar surface area (TPSA) is 66.5 Å². The van der Waals surface area contributed by atoms with Crippen LogP contribution in [-0.4, -0.2) is 29.2 Å². The van der Waals surface area contributed by atoms with Crippen LogP contribution in [0, 0.1) is 0 Å². The minimum absolute atomic E-state index is 0.0589. The summed E-state index contributed by atoms with van der Waals surface area (Å²) in [7, 11) is 0. The molecule has 0 fully saturated rings. The molecule has 3 rings (SSSR count). The van der Waals surface area contributed by atoms with Gasteiger partial charge >= 0.3 is 0 Å². The van der Waals surface area contributed by atoms with E-state index in [1.165, 1.54) is 0 Å². The molecule has 0 aliphatic carbocycles. The number of carbonyl (C=O) groups excluding carboxylic acids is 3. The Labute approximate surface area is 150 Å². The second-order valence-electron chi connectivity index (χ2n) is 5.90. The fourth-order valence-electron chi connectivity index (χ4n) is 2.80. The molecular formula is C19H17ClN2O3. The zero-order chi connectivity index (χ0) is 18.0. The summed E-state index contributed by atoms with van der Waals surface area (Å²) in [5.74, 6) is -0.919. The van der Waals surface area contributed by atoms with Gasteiger partial charge in [0.25, 0.3) is 11.8 Å². The maximum Gasteiger partial charge on any atom is 0.261 e. The average molecular weight is 357 g/mol. The Morgan fingerprint density at radius 3 is 2.16 bits per heavy atom. The molecule has 1 atom stereocenters. The molecule has 0 bridgehead atoms. The van der Waals surface area contributed by atoms with Crippen LogP contribution in [0.5, 0.6) is 0 Å². The van der Waals surface area contributed by atoms with Gasteiger partial charge in [0.2, 0.25) is 5.91 Å². The quantitative estimate of drug-likeness (QED) is 0.836. The van der Waals surface area contributed by atoms with Crippen LogP contribution in [0.15, 0.2) is 48.5 Å². The van der Waals surface area contributed by atoms with Crippen molar-refractivity contribution in [3.05, 3.63) is 70.2 Å². The molecule has 1 unspecified atom stereocenters. The van der Waals surface area contributed by atoms with Crippen LogP contribution < -0.4 is 5.32 Å². The lowest BCUT2D eigenvalue weighted by Gasteiger charge is -2.17. The third kappa shape index (κ3) is 3.56. The number of amides is 3. The Balaban J connectivity index is 1.57. The highest BCUT2D eigenvalue weighted by Crippen LogP contribution is 2.22. The van der Waals surface area contributed by atoms with Gasteiger partial charge in [-0.1, -0.05) is 35.9 Å². The monoisotopic (exact) mass is 356 g/mol. The Bertz CT molecular complexity index is 798. The zero-order valence-corrected chi connectivity index (χ0v) is 14.4. The van der Waals surface area contributed by atoms with Crippen LogP contribution in [0.1, 0.15) is 45.7 Å². The fourth-order valence-corrected chi connectivity index (χ4v) is 2.93. The summed E-state index contributed by atoms with van der Waals surface area (Å²) in [6.07, 6.45) is 0.0589. The highest BCUT2D eigenvalue weighted by Gasteiger charge is 2.34. The van der Waals surface area contributed by atoms with Gasteiger partial charge in [0.1, 0.15) is 0 Å². The van der Waals surface area contributed by atoms with Gasteiger partial charge in [0, 0.05) is 18.0 Å². The van der Waals surface area contributed by atoms with E-state index < -0.39 is 0 Å². The summed E-state index contributed by atoms with van der Waals surface area (Å²) < 4.78 is 0. The Hall–Kier alpha value is -2.66. The van der Waals surface area contributed by atoms with E-state index in [4.69, 9.17) is 11.6 Å². The van der Waals surface area contributed by atoms with Crippen LogP contribution in [0.2, 0.25) is 5.02 Å². The number of nitrogens with zero attached hydrogens (tertiary/aromatic N) is 1. The smallest absolute Gasteiger partial charge is 0.261 e. The molecule has 2 aromatic carbocycles. The highest BCUT2D eigenvalue weighted by atomic mass is 35.5. The van der Waals surface area contributed by atoms with E-state index in [2.05, 4.69) is 5.32 Å². The van der Waals surface area contributed by atoms with Gasteiger partial charge in [0.05, 0.1) is 17.2 Å². The summed E-state index contributed by atoms with van der Waals surface area (Å²) in [5, 5.41) is 3.49. The van der Waals surface area contributed by atoms with E-state index in [1.54, 1.807) is 36.4 Å². The average Bonchev–Trinajstić information content (AvgIpc) is 2.85. The summed E-state index contributed by atoms with van der Waals surface area (Å²) >= 11 is 5.85. The van der Waals surface area contributed by atoms with Crippen molar-refractivity contribution in [3.63, 3.8) is 0 Å². The highest BCUT2D eigenvalue weighted by molar-refractivity contribution is 6.30. The van der Waals surface area contributed by atoms with Crippen molar-refractivity contribution in [1.29, 1.82) is 0 Å². The molecule has 1 N–H and O–H groups in total. The van der Waals surface area contributed by atoms with Crippen molar-refractivity contribution < 1.29 is 14.4 Å². The molecule has 0 saturated carbocycles. The number of benzene rings is 2. The normalized spacial score (nSPS) is 14.4. The molecule has 0 saturated heterocycles. The Morgan fingerprint density at radius 1 is 1.04 bits per heavy atom. The number of imide groups is 1. The standard InChI is InChI=1S/C19H17ClN2O3/c1-12(13-6-8-14(20)9-7-13)21-17(23)10-11-22-18(24)15-4-2-3-5-16(15)19(22)25/h2-9,12H,10-11H2,1H3,(H,21,23). The van der Waals surface area contributed by atoms with E-state index in [1.807, 2.05) is 19.1 Å². The van der Waals surface area contributed by atoms with Gasteiger partial charge < -0.3 is 5.32 Å². The lowest BCUT2D eigenvalue weighted by atomic mass is 10.1. The number of fused-ring (bicyclic) bond motifs is 1. The number of carbonyl (C=O) groups is 3. The van der Waals surface area contributed by atoms with E-state index in [0.29, 0.717) is 16.1 Å². The molecule has 1 aliphatic rings. The molecule has 5 nitrogen and oxygen atoms in total. The molecule has 128 valence electrons. The summed E-state index contributed by atoms with van der Waals surface area (Å²) in [4.78, 5) is 37.8. The summed E-state index contributed by atoms with van der Waals surface area (Å²) in [6.45, 7) is 1.93. The minimum Gasteiger partial charge on any atom is -0.350 e. The maximum absolute atomic E-state index is 12.3. The van der Waals surface area contributed by atoms with Gasteiger partial charge in [-0.15, -0.1) is 0 Å². The van der Waals surface area contributed by atoms with Gasteiger partial charge in [-0.05, 0) is 36.8 Å². The largest absolute Gasteiger partial charge is 0.350 e. The van der Waals surface area contributed by atoms with Crippen molar-refractivity contribution in [3.8, 4) is 0 Å². The van der Waals surface area contributed by atoms with Crippen molar-refractivity contribution in [2.24, 2.45) is 0 Å². The lowest BCUT2D eigenvalue weighted by Crippen LogP contribution is -2.35. The second-order valence-corrected chi connectivity index (χ2v) is 6.33. The van der Waals surface area contributed by atoms with Gasteiger partial charge in [-0.3, -0.25) is 19.3 Å². The van der Waals surface area contributed by atoms with E-state index in [0.717, 1.165) is 10.5 Å². The first-order chi connectivity index (χ1) is 12.0. The van der Waals surface area contributed by atoms with Gasteiger partial charge in [-0.2, -0.15) is 0 Å². The van der Waals surface area contributed by atoms with Crippen LogP contribution in [0.25, 0.3) is 0 Å². The molecule has 2 aromatic rings.